The fourth-order valence-electron chi connectivity index (χ4n) is 8.86. The number of rotatable bonds is 16. The molecule has 0 aliphatic carbocycles. The molecule has 4 amide bonds. The number of amides is 4. The number of piperidine rings is 1. The highest BCUT2D eigenvalue weighted by Gasteiger charge is 2.40. The fourth-order valence-corrected chi connectivity index (χ4v) is 8.86. The number of carbonyl (C=O) groups excluding carboxylic acids is 5. The Morgan fingerprint density at radius 2 is 1.83 bits per heavy atom. The van der Waals surface area contributed by atoms with E-state index in [1.54, 1.807) is 35.5 Å². The molecule has 0 bridgehead atoms. The Bertz CT molecular complexity index is 2520. The van der Waals surface area contributed by atoms with Crippen LogP contribution in [0.25, 0.3) is 5.57 Å². The SMILES string of the molecule is CCOC1=CN/C(=C(/C#N)C=N)C(c2ccc(N3CCC(CN4CCN(C(=O)Cc5ccc6c(c5)C(=O)N(C(C=O)CCC(=O)NC)C6)CC4)(NC(=O)c4cc(F)ccc4F)CC3)nc2)=C1. The molecule has 2 saturated heterocycles. The molecule has 66 heavy (non-hydrogen) atoms. The number of hydrogen-bond donors (Lipinski definition) is 4. The van der Waals surface area contributed by atoms with Gasteiger partial charge in [0.05, 0.1) is 41.4 Å². The van der Waals surface area contributed by atoms with Gasteiger partial charge in [-0.1, -0.05) is 12.1 Å². The predicted molar refractivity (Wildman–Crippen MR) is 241 cm³/mol. The van der Waals surface area contributed by atoms with Gasteiger partial charge in [-0.25, -0.2) is 13.8 Å². The van der Waals surface area contributed by atoms with Gasteiger partial charge in [0, 0.05) is 101 Å². The molecule has 7 rings (SSSR count). The molecule has 4 aliphatic heterocycles. The number of nitrogens with one attached hydrogen (secondary N) is 4. The van der Waals surface area contributed by atoms with E-state index in [4.69, 9.17) is 15.1 Å². The molecule has 2 aromatic carbocycles. The van der Waals surface area contributed by atoms with Crippen LogP contribution in [0.2, 0.25) is 0 Å². The number of nitrogens with zero attached hydrogens (tertiary/aromatic N) is 6. The van der Waals surface area contributed by atoms with Gasteiger partial charge in [-0.15, -0.1) is 0 Å². The van der Waals surface area contributed by atoms with E-state index in [0.29, 0.717) is 111 Å². The largest absolute Gasteiger partial charge is 0.492 e. The molecule has 4 aliphatic rings. The summed E-state index contributed by atoms with van der Waals surface area (Å²) in [6, 6.07) is 13.2. The van der Waals surface area contributed by atoms with Gasteiger partial charge in [0.2, 0.25) is 11.8 Å². The third kappa shape index (κ3) is 10.5. The highest BCUT2D eigenvalue weighted by atomic mass is 19.1. The van der Waals surface area contributed by atoms with Crippen molar-refractivity contribution in [2.75, 3.05) is 64.4 Å². The Hall–Kier alpha value is -7.26. The summed E-state index contributed by atoms with van der Waals surface area (Å²) in [7, 11) is 1.51. The first-order chi connectivity index (χ1) is 31.9. The van der Waals surface area contributed by atoms with Gasteiger partial charge in [-0.3, -0.25) is 24.1 Å². The number of aromatic nitrogens is 1. The Kier molecular flexibility index (Phi) is 14.7. The molecule has 4 N–H and O–H groups in total. The number of benzene rings is 2. The molecule has 18 heteroatoms. The molecule has 5 heterocycles. The minimum Gasteiger partial charge on any atom is -0.492 e. The second-order valence-electron chi connectivity index (χ2n) is 16.7. The van der Waals surface area contributed by atoms with Gasteiger partial charge in [0.15, 0.2) is 0 Å². The predicted octanol–water partition coefficient (Wildman–Crippen LogP) is 3.86. The molecule has 0 spiro atoms. The third-order valence-corrected chi connectivity index (χ3v) is 12.5. The van der Waals surface area contributed by atoms with Crippen LogP contribution >= 0.6 is 0 Å². The number of hydrogen-bond acceptors (Lipinski definition) is 12. The first-order valence-corrected chi connectivity index (χ1v) is 21.9. The van der Waals surface area contributed by atoms with Crippen molar-refractivity contribution in [2.45, 2.75) is 57.2 Å². The van der Waals surface area contributed by atoms with Crippen molar-refractivity contribution in [1.29, 1.82) is 10.7 Å². The van der Waals surface area contributed by atoms with Crippen molar-refractivity contribution in [3.63, 3.8) is 0 Å². The van der Waals surface area contributed by atoms with E-state index in [1.165, 1.54) is 11.9 Å². The van der Waals surface area contributed by atoms with Gasteiger partial charge in [0.25, 0.3) is 11.8 Å². The Morgan fingerprint density at radius 3 is 2.50 bits per heavy atom. The lowest BCUT2D eigenvalue weighted by Crippen LogP contribution is -2.62. The summed E-state index contributed by atoms with van der Waals surface area (Å²) < 4.78 is 34.8. The Morgan fingerprint density at radius 1 is 1.06 bits per heavy atom. The minimum atomic E-state index is -0.838. The van der Waals surface area contributed by atoms with E-state index < -0.39 is 29.1 Å². The maximum Gasteiger partial charge on any atom is 0.255 e. The highest BCUT2D eigenvalue weighted by Crippen LogP contribution is 2.32. The fraction of sp³-hybridized carbons (Fsp3) is 0.375. The summed E-state index contributed by atoms with van der Waals surface area (Å²) >= 11 is 0. The maximum atomic E-state index is 14.9. The molecule has 1 atom stereocenters. The molecule has 16 nitrogen and oxygen atoms in total. The van der Waals surface area contributed by atoms with E-state index >= 15 is 0 Å². The molecule has 2 fully saturated rings. The normalized spacial score (nSPS) is 18.2. The topological polar surface area (TPSA) is 204 Å². The summed E-state index contributed by atoms with van der Waals surface area (Å²) in [5, 5.41) is 26.1. The van der Waals surface area contributed by atoms with Crippen LogP contribution in [-0.2, 0) is 32.1 Å². The summed E-state index contributed by atoms with van der Waals surface area (Å²) in [5.74, 6) is -1.69. The average molecular weight is 903 g/mol. The van der Waals surface area contributed by atoms with Gasteiger partial charge >= 0.3 is 0 Å². The van der Waals surface area contributed by atoms with Crippen LogP contribution in [0.4, 0.5) is 14.6 Å². The molecule has 0 saturated carbocycles. The molecular weight excluding hydrogens is 851 g/mol. The van der Waals surface area contributed by atoms with Crippen molar-refractivity contribution < 1.29 is 37.5 Å². The molecule has 3 aromatic rings. The van der Waals surface area contributed by atoms with E-state index in [1.807, 2.05) is 25.1 Å². The van der Waals surface area contributed by atoms with Crippen LogP contribution in [0.3, 0.4) is 0 Å². The van der Waals surface area contributed by atoms with Crippen LogP contribution in [0.1, 0.15) is 70.0 Å². The van der Waals surface area contributed by atoms with Crippen LogP contribution in [0.15, 0.2) is 84.0 Å². The number of ether oxygens (including phenoxy) is 1. The van der Waals surface area contributed by atoms with Crippen LogP contribution < -0.4 is 20.9 Å². The molecule has 1 aromatic heterocycles. The van der Waals surface area contributed by atoms with E-state index in [-0.39, 0.29) is 54.7 Å². The third-order valence-electron chi connectivity index (χ3n) is 12.5. The Balaban J connectivity index is 1.00. The van der Waals surface area contributed by atoms with Crippen LogP contribution in [0, 0.1) is 28.4 Å². The second-order valence-corrected chi connectivity index (χ2v) is 16.7. The zero-order valence-corrected chi connectivity index (χ0v) is 36.9. The lowest BCUT2D eigenvalue weighted by molar-refractivity contribution is -0.132. The first kappa shape index (κ1) is 46.7. The van der Waals surface area contributed by atoms with Gasteiger partial charge in [0.1, 0.15) is 35.6 Å². The smallest absolute Gasteiger partial charge is 0.255 e. The summed E-state index contributed by atoms with van der Waals surface area (Å²) in [6.07, 6.45) is 8.07. The Labute approximate surface area is 381 Å². The van der Waals surface area contributed by atoms with Crippen molar-refractivity contribution in [2.24, 2.45) is 0 Å². The number of halogens is 2. The molecule has 0 radical (unpaired) electrons. The number of fused-ring (bicyclic) bond motifs is 1. The maximum absolute atomic E-state index is 14.9. The lowest BCUT2D eigenvalue weighted by atomic mass is 9.86. The molecule has 344 valence electrons. The monoisotopic (exact) mass is 902 g/mol. The number of anilines is 1. The number of allylic oxidation sites excluding steroid dienone is 3. The van der Waals surface area contributed by atoms with E-state index in [2.05, 4.69) is 31.8 Å². The molecular formula is C48H52F2N10O6. The minimum absolute atomic E-state index is 0.0702. The summed E-state index contributed by atoms with van der Waals surface area (Å²) in [6.45, 7) is 5.70. The van der Waals surface area contributed by atoms with E-state index in [0.717, 1.165) is 30.0 Å². The van der Waals surface area contributed by atoms with Crippen molar-refractivity contribution in [1.82, 2.24) is 35.6 Å². The van der Waals surface area contributed by atoms with Gasteiger partial charge in [-0.05, 0) is 79.8 Å². The first-order valence-electron chi connectivity index (χ1n) is 21.9. The number of nitriles is 1. The van der Waals surface area contributed by atoms with E-state index in [9.17, 15) is 38.0 Å². The van der Waals surface area contributed by atoms with Gasteiger partial charge < -0.3 is 45.6 Å². The zero-order valence-electron chi connectivity index (χ0n) is 36.9. The second kappa shape index (κ2) is 20.7. The number of aldehydes is 1. The van der Waals surface area contributed by atoms with Crippen molar-refractivity contribution in [3.05, 3.63) is 123 Å². The van der Waals surface area contributed by atoms with Gasteiger partial charge in [-0.2, -0.15) is 5.26 Å². The summed E-state index contributed by atoms with van der Waals surface area (Å²) in [4.78, 5) is 76.5. The quantitative estimate of drug-likeness (QED) is 0.0924. The number of dihydropyridines is 1. The van der Waals surface area contributed by atoms with Crippen LogP contribution in [-0.4, -0.2) is 127 Å². The summed E-state index contributed by atoms with van der Waals surface area (Å²) in [5.41, 5.74) is 2.56. The van der Waals surface area contributed by atoms with Crippen molar-refractivity contribution in [3.8, 4) is 6.07 Å². The molecule has 1 unspecified atom stereocenters. The van der Waals surface area contributed by atoms with Crippen LogP contribution in [0.5, 0.6) is 0 Å². The number of piperazine rings is 1. The number of carbonyl (C=O) groups is 5. The zero-order chi connectivity index (χ0) is 47.0. The average Bonchev–Trinajstić information content (AvgIpc) is 3.65. The van der Waals surface area contributed by atoms with Crippen molar-refractivity contribution >= 4 is 47.5 Å². The standard InChI is InChI=1S/C48H52F2N10O6/c1-3-66-37-23-38(45(55-27-37)34(24-51)25-52)32-6-10-42(54-26-32)58-14-12-48(13-15-58,56-46(64)40-22-35(49)7-9-41(40)50)30-57-16-18-59(19-17-57)44(63)21-31-4-5-33-28-60(47(65)39(33)20-31)36(29-61)8-11-43(62)53-2/h4-7,9-10,20,22-24,26-27,29,36,51,55H,3,8,11-19,21,28,30H2,1-2H3,(H,53,62)(H,56,64)/b45-34+,51-24?. The highest BCUT2D eigenvalue weighted by molar-refractivity contribution is 6.00. The lowest BCUT2D eigenvalue weighted by Gasteiger charge is -2.46. The number of pyridine rings is 1.